The average Bonchev–Trinajstić information content (AvgIpc) is 2.52. The van der Waals surface area contributed by atoms with Gasteiger partial charge in [0.2, 0.25) is 0 Å². The van der Waals surface area contributed by atoms with Crippen LogP contribution in [0.3, 0.4) is 0 Å². The molecule has 0 aliphatic carbocycles. The fraction of sp³-hybridized carbons (Fsp3) is 0.571. The van der Waals surface area contributed by atoms with Crippen LogP contribution in [-0.4, -0.2) is 26.2 Å². The van der Waals surface area contributed by atoms with Gasteiger partial charge in [-0.1, -0.05) is 4.98 Å². The number of rotatable bonds is 3. The quantitative estimate of drug-likeness (QED) is 0.549. The van der Waals surface area contributed by atoms with Crippen LogP contribution in [0, 0.1) is 10.1 Å². The van der Waals surface area contributed by atoms with Crippen molar-refractivity contribution in [2.24, 2.45) is 0 Å². The van der Waals surface area contributed by atoms with Crippen molar-refractivity contribution in [1.29, 1.82) is 0 Å². The molecule has 6 heteroatoms. The highest BCUT2D eigenvalue weighted by atomic mass is 16.6. The molecular weight excluding hydrogens is 174 g/mol. The maximum Gasteiger partial charge on any atom is 0.435 e. The second kappa shape index (κ2) is 3.14. The van der Waals surface area contributed by atoms with Crippen molar-refractivity contribution in [3.05, 3.63) is 22.5 Å². The predicted molar refractivity (Wildman–Crippen MR) is 45.3 cm³/mol. The largest absolute Gasteiger partial charge is 0.435 e. The Bertz CT molecular complexity index is 319. The van der Waals surface area contributed by atoms with Crippen molar-refractivity contribution in [3.63, 3.8) is 0 Å². The van der Waals surface area contributed by atoms with Gasteiger partial charge in [-0.3, -0.25) is 0 Å². The van der Waals surface area contributed by atoms with Crippen LogP contribution in [0.5, 0.6) is 0 Å². The minimum Gasteiger partial charge on any atom is -0.392 e. The van der Waals surface area contributed by atoms with Gasteiger partial charge in [-0.25, -0.2) is 4.57 Å². The molecule has 1 aromatic heterocycles. The average molecular weight is 185 g/mol. The molecule has 0 saturated heterocycles. The number of nitrogens with zero attached hydrogens (tertiary/aromatic N) is 3. The maximum absolute atomic E-state index is 10.5. The van der Waals surface area contributed by atoms with Crippen LogP contribution < -0.4 is 0 Å². The van der Waals surface area contributed by atoms with Gasteiger partial charge in [-0.15, -0.1) is 0 Å². The van der Waals surface area contributed by atoms with Crippen LogP contribution in [0.4, 0.5) is 5.95 Å². The minimum absolute atomic E-state index is 0.176. The second-order valence-electron chi connectivity index (χ2n) is 3.32. The molecule has 0 fully saturated rings. The van der Waals surface area contributed by atoms with E-state index < -0.39 is 10.5 Å². The highest BCUT2D eigenvalue weighted by molar-refractivity contribution is 5.10. The second-order valence-corrected chi connectivity index (χ2v) is 3.32. The molecule has 1 aromatic rings. The monoisotopic (exact) mass is 185 g/mol. The van der Waals surface area contributed by atoms with E-state index >= 15 is 0 Å². The summed E-state index contributed by atoms with van der Waals surface area (Å²) in [5.74, 6) is -0.251. The Balaban J connectivity index is 3.14. The van der Waals surface area contributed by atoms with Crippen LogP contribution in [0.15, 0.2) is 12.4 Å². The van der Waals surface area contributed by atoms with Gasteiger partial charge < -0.3 is 15.2 Å². The highest BCUT2D eigenvalue weighted by Crippen LogP contribution is 2.20. The smallest absolute Gasteiger partial charge is 0.392 e. The molecule has 72 valence electrons. The molecule has 0 spiro atoms. The number of aromatic nitrogens is 2. The van der Waals surface area contributed by atoms with E-state index in [4.69, 9.17) is 5.11 Å². The van der Waals surface area contributed by atoms with Crippen molar-refractivity contribution < 1.29 is 10.0 Å². The molecule has 0 radical (unpaired) electrons. The first-order chi connectivity index (χ1) is 5.99. The summed E-state index contributed by atoms with van der Waals surface area (Å²) in [7, 11) is 0. The lowest BCUT2D eigenvalue weighted by atomic mass is 10.1. The van der Waals surface area contributed by atoms with Crippen molar-refractivity contribution in [1.82, 2.24) is 9.55 Å². The van der Waals surface area contributed by atoms with Crippen molar-refractivity contribution in [2.45, 2.75) is 19.4 Å². The lowest BCUT2D eigenvalue weighted by molar-refractivity contribution is -0.398. The lowest BCUT2D eigenvalue weighted by Gasteiger charge is -2.19. The van der Waals surface area contributed by atoms with E-state index in [1.165, 1.54) is 17.0 Å². The first kappa shape index (κ1) is 9.66. The molecule has 0 bridgehead atoms. The summed E-state index contributed by atoms with van der Waals surface area (Å²) in [6.07, 6.45) is 2.82. The van der Waals surface area contributed by atoms with Crippen molar-refractivity contribution in [3.8, 4) is 0 Å². The fourth-order valence-electron chi connectivity index (χ4n) is 0.979. The third-order valence-corrected chi connectivity index (χ3v) is 1.82. The summed E-state index contributed by atoms with van der Waals surface area (Å²) >= 11 is 0. The van der Waals surface area contributed by atoms with E-state index in [1.54, 1.807) is 13.8 Å². The molecular formula is C7H11N3O3. The molecule has 0 unspecified atom stereocenters. The predicted octanol–water partition coefficient (Wildman–Crippen LogP) is 0.519. The van der Waals surface area contributed by atoms with E-state index in [0.29, 0.717) is 0 Å². The molecule has 0 aliphatic rings. The molecule has 1 N–H and O–H groups in total. The van der Waals surface area contributed by atoms with E-state index in [9.17, 15) is 10.1 Å². The zero-order valence-electron chi connectivity index (χ0n) is 7.47. The molecule has 13 heavy (non-hydrogen) atoms. The summed E-state index contributed by atoms with van der Waals surface area (Å²) in [5, 5.41) is 19.5. The van der Waals surface area contributed by atoms with Crippen LogP contribution in [0.1, 0.15) is 13.8 Å². The van der Waals surface area contributed by atoms with Gasteiger partial charge in [0.25, 0.3) is 0 Å². The number of hydrogen-bond donors (Lipinski definition) is 1. The van der Waals surface area contributed by atoms with E-state index in [0.717, 1.165) is 0 Å². The SMILES string of the molecule is CC(C)(CO)n1ccnc1[N+](=O)[O-]. The Labute approximate surface area is 75.0 Å². The Kier molecular flexibility index (Phi) is 2.33. The van der Waals surface area contributed by atoms with Gasteiger partial charge in [0.15, 0.2) is 0 Å². The van der Waals surface area contributed by atoms with Gasteiger partial charge >= 0.3 is 5.95 Å². The lowest BCUT2D eigenvalue weighted by Crippen LogP contribution is -2.30. The van der Waals surface area contributed by atoms with Gasteiger partial charge in [0, 0.05) is 0 Å². The standard InChI is InChI=1S/C7H11N3O3/c1-7(2,5-11)9-4-3-8-6(9)10(12)13/h3-4,11H,5H2,1-2H3. The van der Waals surface area contributed by atoms with Crippen LogP contribution in [-0.2, 0) is 5.54 Å². The normalized spacial score (nSPS) is 11.6. The Morgan fingerprint density at radius 3 is 2.85 bits per heavy atom. The molecule has 0 amide bonds. The van der Waals surface area contributed by atoms with Crippen LogP contribution in [0.25, 0.3) is 0 Å². The van der Waals surface area contributed by atoms with Crippen LogP contribution in [0.2, 0.25) is 0 Å². The van der Waals surface area contributed by atoms with Gasteiger partial charge in [-0.2, -0.15) is 0 Å². The van der Waals surface area contributed by atoms with Gasteiger partial charge in [0.05, 0.1) is 6.61 Å². The number of imidazole rings is 1. The summed E-state index contributed by atoms with van der Waals surface area (Å²) in [5.41, 5.74) is -0.696. The first-order valence-electron chi connectivity index (χ1n) is 3.78. The molecule has 1 rings (SSSR count). The Morgan fingerprint density at radius 2 is 2.38 bits per heavy atom. The molecule has 1 heterocycles. The van der Waals surface area contributed by atoms with Crippen LogP contribution >= 0.6 is 0 Å². The Morgan fingerprint density at radius 1 is 1.77 bits per heavy atom. The van der Waals surface area contributed by atoms with E-state index in [2.05, 4.69) is 4.98 Å². The molecule has 0 aromatic carbocycles. The summed E-state index contributed by atoms with van der Waals surface area (Å²) in [6, 6.07) is 0. The zero-order valence-corrected chi connectivity index (χ0v) is 7.47. The molecule has 6 nitrogen and oxygen atoms in total. The van der Waals surface area contributed by atoms with E-state index in [-0.39, 0.29) is 12.6 Å². The molecule has 0 atom stereocenters. The zero-order chi connectivity index (χ0) is 10.1. The first-order valence-corrected chi connectivity index (χ1v) is 3.78. The number of nitro groups is 1. The minimum atomic E-state index is -0.696. The molecule has 0 saturated carbocycles. The fourth-order valence-corrected chi connectivity index (χ4v) is 0.979. The topological polar surface area (TPSA) is 81.2 Å². The van der Waals surface area contributed by atoms with Crippen molar-refractivity contribution >= 4 is 5.95 Å². The third kappa shape index (κ3) is 1.67. The van der Waals surface area contributed by atoms with E-state index in [1.807, 2.05) is 0 Å². The maximum atomic E-state index is 10.5. The number of hydrogen-bond acceptors (Lipinski definition) is 4. The third-order valence-electron chi connectivity index (χ3n) is 1.82. The Hall–Kier alpha value is -1.43. The summed E-state index contributed by atoms with van der Waals surface area (Å²) in [6.45, 7) is 3.22. The summed E-state index contributed by atoms with van der Waals surface area (Å²) in [4.78, 5) is 13.5. The number of aliphatic hydroxyl groups excluding tert-OH is 1. The number of aliphatic hydroxyl groups is 1. The van der Waals surface area contributed by atoms with Gasteiger partial charge in [-0.05, 0) is 18.8 Å². The van der Waals surface area contributed by atoms with Crippen molar-refractivity contribution in [2.75, 3.05) is 6.61 Å². The summed E-state index contributed by atoms with van der Waals surface area (Å²) < 4.78 is 1.34. The molecule has 0 aliphatic heterocycles. The highest BCUT2D eigenvalue weighted by Gasteiger charge is 2.29. The van der Waals surface area contributed by atoms with Gasteiger partial charge in [0.1, 0.15) is 17.9 Å².